The Morgan fingerprint density at radius 1 is 1.07 bits per heavy atom. The number of nitro benzene ring substituents is 1. The highest BCUT2D eigenvalue weighted by molar-refractivity contribution is 6.40. The summed E-state index contributed by atoms with van der Waals surface area (Å²) >= 11 is 6.05. The highest BCUT2D eigenvalue weighted by atomic mass is 35.5. The van der Waals surface area contributed by atoms with E-state index in [2.05, 4.69) is 5.32 Å². The molecule has 0 radical (unpaired) electrons. The predicted octanol–water partition coefficient (Wildman–Crippen LogP) is 3.53. The van der Waals surface area contributed by atoms with Gasteiger partial charge >= 0.3 is 6.03 Å². The van der Waals surface area contributed by atoms with Crippen molar-refractivity contribution >= 4 is 46.9 Å². The number of nitro groups is 1. The molecule has 2 aromatic carbocycles. The number of hydrogen-bond donors (Lipinski definition) is 1. The number of non-ortho nitro benzene ring substituents is 1. The second kappa shape index (κ2) is 7.24. The molecule has 0 spiro atoms. The fourth-order valence-corrected chi connectivity index (χ4v) is 2.84. The molecule has 142 valence electrons. The fraction of sp³-hybridized carbons (Fsp3) is 0.105. The predicted molar refractivity (Wildman–Crippen MR) is 103 cm³/mol. The zero-order valence-corrected chi connectivity index (χ0v) is 15.6. The van der Waals surface area contributed by atoms with Crippen LogP contribution in [-0.4, -0.2) is 22.8 Å². The fourth-order valence-electron chi connectivity index (χ4n) is 2.67. The summed E-state index contributed by atoms with van der Waals surface area (Å²) in [5.41, 5.74) is 1.64. The van der Waals surface area contributed by atoms with Crippen LogP contribution < -0.4 is 10.2 Å². The number of barbiturate groups is 1. The van der Waals surface area contributed by atoms with Crippen molar-refractivity contribution < 1.29 is 19.3 Å². The Morgan fingerprint density at radius 2 is 1.79 bits per heavy atom. The van der Waals surface area contributed by atoms with Crippen LogP contribution in [0.5, 0.6) is 0 Å². The number of hydrogen-bond acceptors (Lipinski definition) is 5. The van der Waals surface area contributed by atoms with Gasteiger partial charge in [-0.15, -0.1) is 0 Å². The number of nitrogens with zero attached hydrogens (tertiary/aromatic N) is 2. The highest BCUT2D eigenvalue weighted by Gasteiger charge is 2.37. The summed E-state index contributed by atoms with van der Waals surface area (Å²) in [5, 5.41) is 13.2. The maximum absolute atomic E-state index is 12.9. The van der Waals surface area contributed by atoms with E-state index in [4.69, 9.17) is 11.6 Å². The smallest absolute Gasteiger partial charge is 0.273 e. The van der Waals surface area contributed by atoms with Crippen molar-refractivity contribution in [1.29, 1.82) is 0 Å². The maximum atomic E-state index is 12.9. The Kier molecular flexibility index (Phi) is 4.98. The van der Waals surface area contributed by atoms with E-state index >= 15 is 0 Å². The van der Waals surface area contributed by atoms with Crippen molar-refractivity contribution in [3.05, 3.63) is 73.8 Å². The number of carbonyl (C=O) groups excluding carboxylic acids is 3. The molecule has 8 nitrogen and oxygen atoms in total. The third-order valence-corrected chi connectivity index (χ3v) is 4.68. The summed E-state index contributed by atoms with van der Waals surface area (Å²) in [7, 11) is 0. The van der Waals surface area contributed by atoms with Gasteiger partial charge in [-0.2, -0.15) is 0 Å². The lowest BCUT2D eigenvalue weighted by atomic mass is 10.0. The molecule has 9 heteroatoms. The molecule has 1 aliphatic heterocycles. The molecule has 0 saturated carbocycles. The van der Waals surface area contributed by atoms with Gasteiger partial charge in [0.15, 0.2) is 0 Å². The van der Waals surface area contributed by atoms with E-state index in [9.17, 15) is 24.5 Å². The lowest BCUT2D eigenvalue weighted by Crippen LogP contribution is -2.54. The van der Waals surface area contributed by atoms with Crippen LogP contribution in [0.4, 0.5) is 16.2 Å². The van der Waals surface area contributed by atoms with Crippen LogP contribution in [0.3, 0.4) is 0 Å². The molecule has 1 saturated heterocycles. The Morgan fingerprint density at radius 3 is 2.43 bits per heavy atom. The lowest BCUT2D eigenvalue weighted by Gasteiger charge is -2.26. The van der Waals surface area contributed by atoms with Gasteiger partial charge in [0.2, 0.25) is 0 Å². The van der Waals surface area contributed by atoms with E-state index in [1.54, 1.807) is 18.2 Å². The van der Waals surface area contributed by atoms with Crippen molar-refractivity contribution in [2.45, 2.75) is 13.8 Å². The summed E-state index contributed by atoms with van der Waals surface area (Å²) in [4.78, 5) is 48.5. The maximum Gasteiger partial charge on any atom is 0.335 e. The monoisotopic (exact) mass is 399 g/mol. The van der Waals surface area contributed by atoms with Crippen LogP contribution in [0.1, 0.15) is 16.7 Å². The van der Waals surface area contributed by atoms with E-state index in [1.165, 1.54) is 12.1 Å². The number of carbonyl (C=O) groups is 3. The number of amides is 4. The SMILES string of the molecule is Cc1ccc(N2C(=O)NC(=O)/C(=C\c3cc([N+](=O)[O-])ccc3Cl)C2=O)cc1C. The van der Waals surface area contributed by atoms with E-state index in [1.807, 2.05) is 13.8 Å². The molecular formula is C19H14ClN3O5. The largest absolute Gasteiger partial charge is 0.335 e. The first kappa shape index (κ1) is 19.2. The highest BCUT2D eigenvalue weighted by Crippen LogP contribution is 2.27. The number of aryl methyl sites for hydroxylation is 2. The lowest BCUT2D eigenvalue weighted by molar-refractivity contribution is -0.384. The minimum Gasteiger partial charge on any atom is -0.273 e. The molecule has 2 aromatic rings. The van der Waals surface area contributed by atoms with Crippen LogP contribution >= 0.6 is 11.6 Å². The van der Waals surface area contributed by atoms with Gasteiger partial charge in [-0.05, 0) is 49.2 Å². The third-order valence-electron chi connectivity index (χ3n) is 4.34. The molecular weight excluding hydrogens is 386 g/mol. The molecule has 1 aliphatic rings. The van der Waals surface area contributed by atoms with E-state index < -0.39 is 22.8 Å². The van der Waals surface area contributed by atoms with Gasteiger partial charge in [0, 0.05) is 22.7 Å². The zero-order chi connectivity index (χ0) is 20.6. The van der Waals surface area contributed by atoms with Crippen LogP contribution in [0.15, 0.2) is 42.0 Å². The molecule has 4 amide bonds. The second-order valence-corrected chi connectivity index (χ2v) is 6.60. The molecule has 3 rings (SSSR count). The van der Waals surface area contributed by atoms with E-state index in [-0.39, 0.29) is 21.8 Å². The van der Waals surface area contributed by atoms with Gasteiger partial charge in [-0.1, -0.05) is 17.7 Å². The van der Waals surface area contributed by atoms with E-state index in [0.717, 1.165) is 28.2 Å². The second-order valence-electron chi connectivity index (χ2n) is 6.19. The minimum absolute atomic E-state index is 0.115. The summed E-state index contributed by atoms with van der Waals surface area (Å²) in [6, 6.07) is 7.77. The molecule has 0 aromatic heterocycles. The number of halogens is 1. The summed E-state index contributed by atoms with van der Waals surface area (Å²) in [6.45, 7) is 3.71. The molecule has 0 bridgehead atoms. The summed E-state index contributed by atoms with van der Waals surface area (Å²) in [6.07, 6.45) is 1.13. The molecule has 1 N–H and O–H groups in total. The van der Waals surface area contributed by atoms with Crippen molar-refractivity contribution in [2.24, 2.45) is 0 Å². The first-order chi connectivity index (χ1) is 13.2. The molecule has 0 unspecified atom stereocenters. The van der Waals surface area contributed by atoms with Gasteiger partial charge in [-0.3, -0.25) is 25.0 Å². The van der Waals surface area contributed by atoms with Crippen LogP contribution in [0, 0.1) is 24.0 Å². The topological polar surface area (TPSA) is 110 Å². The third kappa shape index (κ3) is 3.49. The standard InChI is InChI=1S/C19H14ClN3O5/c1-10-3-4-13(7-11(10)2)22-18(25)15(17(24)21-19(22)26)9-12-8-14(23(27)28)5-6-16(12)20/h3-9H,1-2H3,(H,21,24,26)/b15-9+. The minimum atomic E-state index is -0.905. The molecule has 0 aliphatic carbocycles. The Balaban J connectivity index is 2.07. The molecule has 1 heterocycles. The van der Waals surface area contributed by atoms with Crippen LogP contribution in [0.25, 0.3) is 6.08 Å². The number of urea groups is 1. The van der Waals surface area contributed by atoms with Gasteiger partial charge in [0.05, 0.1) is 10.6 Å². The molecule has 28 heavy (non-hydrogen) atoms. The summed E-state index contributed by atoms with van der Waals surface area (Å²) < 4.78 is 0. The molecule has 0 atom stereocenters. The number of nitrogens with one attached hydrogen (secondary N) is 1. The Labute approximate surface area is 164 Å². The normalized spacial score (nSPS) is 15.8. The van der Waals surface area contributed by atoms with Crippen molar-refractivity contribution in [3.8, 4) is 0 Å². The van der Waals surface area contributed by atoms with Crippen LogP contribution in [-0.2, 0) is 9.59 Å². The Bertz CT molecular complexity index is 1080. The zero-order valence-electron chi connectivity index (χ0n) is 14.9. The van der Waals surface area contributed by atoms with Gasteiger partial charge in [0.25, 0.3) is 17.5 Å². The Hall–Kier alpha value is -3.52. The first-order valence-corrected chi connectivity index (χ1v) is 8.49. The summed E-state index contributed by atoms with van der Waals surface area (Å²) in [5.74, 6) is -1.75. The first-order valence-electron chi connectivity index (χ1n) is 8.11. The number of anilines is 1. The van der Waals surface area contributed by atoms with Gasteiger partial charge in [0.1, 0.15) is 5.57 Å². The van der Waals surface area contributed by atoms with Crippen molar-refractivity contribution in [2.75, 3.05) is 4.90 Å². The average molecular weight is 400 g/mol. The van der Waals surface area contributed by atoms with Crippen LogP contribution in [0.2, 0.25) is 5.02 Å². The van der Waals surface area contributed by atoms with E-state index in [0.29, 0.717) is 5.69 Å². The quantitative estimate of drug-likeness (QED) is 0.367. The number of benzene rings is 2. The van der Waals surface area contributed by atoms with Gasteiger partial charge in [-0.25, -0.2) is 9.69 Å². The number of imide groups is 2. The van der Waals surface area contributed by atoms with Crippen molar-refractivity contribution in [3.63, 3.8) is 0 Å². The van der Waals surface area contributed by atoms with Crippen molar-refractivity contribution in [1.82, 2.24) is 5.32 Å². The number of rotatable bonds is 3. The average Bonchev–Trinajstić information content (AvgIpc) is 2.62. The van der Waals surface area contributed by atoms with Gasteiger partial charge < -0.3 is 0 Å². The molecule has 1 fully saturated rings.